The molecule has 0 amide bonds. The molecule has 0 spiro atoms. The molecule has 1 aliphatic heterocycles. The predicted octanol–water partition coefficient (Wildman–Crippen LogP) is 2.85. The predicted molar refractivity (Wildman–Crippen MR) is 72.1 cm³/mol. The van der Waals surface area contributed by atoms with E-state index in [9.17, 15) is 9.18 Å². The zero-order valence-electron chi connectivity index (χ0n) is 10.4. The molecular formula is C13H16FNO2S. The minimum atomic E-state index is -1.08. The normalized spacial score (nSPS) is 24.1. The maximum Gasteiger partial charge on any atom is 0.337 e. The molecule has 0 saturated carbocycles. The second kappa shape index (κ2) is 5.18. The second-order valence-corrected chi connectivity index (χ2v) is 6.49. The molecule has 1 saturated heterocycles. The molecule has 0 aliphatic carbocycles. The third kappa shape index (κ3) is 2.61. The summed E-state index contributed by atoms with van der Waals surface area (Å²) in [5.41, 5.74) is 0.269. The number of nitrogens with zero attached hydrogens (tertiary/aromatic N) is 1. The van der Waals surface area contributed by atoms with E-state index in [0.717, 1.165) is 0 Å². The van der Waals surface area contributed by atoms with E-state index < -0.39 is 11.8 Å². The summed E-state index contributed by atoms with van der Waals surface area (Å²) in [5, 5.41) is 9.89. The summed E-state index contributed by atoms with van der Waals surface area (Å²) in [5.74, 6) is -1.54. The van der Waals surface area contributed by atoms with Crippen LogP contribution >= 0.6 is 11.8 Å². The number of benzene rings is 1. The van der Waals surface area contributed by atoms with E-state index in [0.29, 0.717) is 23.6 Å². The van der Waals surface area contributed by atoms with Gasteiger partial charge in [-0.2, -0.15) is 11.8 Å². The number of halogens is 1. The van der Waals surface area contributed by atoms with Crippen LogP contribution in [0.4, 0.5) is 10.1 Å². The number of rotatable bonds is 2. The Labute approximate surface area is 110 Å². The van der Waals surface area contributed by atoms with Crippen LogP contribution in [0.3, 0.4) is 0 Å². The fourth-order valence-electron chi connectivity index (χ4n) is 2.37. The zero-order valence-corrected chi connectivity index (χ0v) is 11.2. The Kier molecular flexibility index (Phi) is 3.80. The van der Waals surface area contributed by atoms with Crippen molar-refractivity contribution in [2.45, 2.75) is 24.3 Å². The maximum atomic E-state index is 13.9. The van der Waals surface area contributed by atoms with Crippen molar-refractivity contribution in [2.24, 2.45) is 0 Å². The van der Waals surface area contributed by atoms with E-state index in [1.54, 1.807) is 0 Å². The summed E-state index contributed by atoms with van der Waals surface area (Å²) in [6.45, 7) is 5.51. The number of thioether (sulfide) groups is 1. The van der Waals surface area contributed by atoms with Gasteiger partial charge in [-0.15, -0.1) is 0 Å². The van der Waals surface area contributed by atoms with Crippen LogP contribution in [0.15, 0.2) is 18.2 Å². The molecule has 1 aromatic carbocycles. The third-order valence-electron chi connectivity index (χ3n) is 2.95. The molecule has 1 aliphatic rings. The van der Waals surface area contributed by atoms with Gasteiger partial charge in [-0.1, -0.05) is 19.9 Å². The van der Waals surface area contributed by atoms with E-state index in [4.69, 9.17) is 5.11 Å². The number of anilines is 1. The molecule has 2 unspecified atom stereocenters. The van der Waals surface area contributed by atoms with Crippen LogP contribution in [0.1, 0.15) is 24.2 Å². The van der Waals surface area contributed by atoms with Gasteiger partial charge in [0.25, 0.3) is 0 Å². The summed E-state index contributed by atoms with van der Waals surface area (Å²) in [6.07, 6.45) is 0. The fraction of sp³-hybridized carbons (Fsp3) is 0.462. The Balaban J connectivity index is 2.40. The number of aromatic carboxylic acids is 1. The van der Waals surface area contributed by atoms with E-state index in [1.807, 2.05) is 16.7 Å². The lowest BCUT2D eigenvalue weighted by Gasteiger charge is -2.36. The van der Waals surface area contributed by atoms with Gasteiger partial charge in [0.2, 0.25) is 0 Å². The highest BCUT2D eigenvalue weighted by Crippen LogP contribution is 2.32. The van der Waals surface area contributed by atoms with Crippen LogP contribution in [0, 0.1) is 5.82 Å². The number of hydrogen-bond acceptors (Lipinski definition) is 3. The van der Waals surface area contributed by atoms with Crippen molar-refractivity contribution >= 4 is 23.4 Å². The van der Waals surface area contributed by atoms with Crippen LogP contribution in [0.25, 0.3) is 0 Å². The van der Waals surface area contributed by atoms with Gasteiger partial charge in [0, 0.05) is 23.6 Å². The van der Waals surface area contributed by atoms with E-state index >= 15 is 0 Å². The van der Waals surface area contributed by atoms with Gasteiger partial charge in [-0.3, -0.25) is 0 Å². The Bertz CT molecular complexity index is 456. The van der Waals surface area contributed by atoms with Gasteiger partial charge < -0.3 is 10.0 Å². The highest BCUT2D eigenvalue weighted by atomic mass is 32.2. The first kappa shape index (κ1) is 13.2. The Hall–Kier alpha value is -1.23. The minimum absolute atomic E-state index is 0.0429. The topological polar surface area (TPSA) is 40.5 Å². The quantitative estimate of drug-likeness (QED) is 0.896. The van der Waals surface area contributed by atoms with Crippen LogP contribution < -0.4 is 4.90 Å². The summed E-state index contributed by atoms with van der Waals surface area (Å²) in [7, 11) is 0. The largest absolute Gasteiger partial charge is 0.478 e. The van der Waals surface area contributed by atoms with Crippen molar-refractivity contribution in [1.82, 2.24) is 0 Å². The molecule has 1 N–H and O–H groups in total. The molecule has 98 valence electrons. The average Bonchev–Trinajstić information content (AvgIpc) is 2.26. The van der Waals surface area contributed by atoms with Crippen LogP contribution in [-0.2, 0) is 0 Å². The Morgan fingerprint density at radius 1 is 1.39 bits per heavy atom. The molecule has 1 fully saturated rings. The number of carboxylic acid groups (broad SMARTS) is 1. The van der Waals surface area contributed by atoms with Crippen LogP contribution in [-0.4, -0.2) is 34.7 Å². The monoisotopic (exact) mass is 269 g/mol. The molecule has 1 aromatic rings. The van der Waals surface area contributed by atoms with Crippen molar-refractivity contribution in [2.75, 3.05) is 18.0 Å². The number of para-hydroxylation sites is 1. The van der Waals surface area contributed by atoms with Crippen molar-refractivity contribution in [1.29, 1.82) is 0 Å². The maximum absolute atomic E-state index is 13.9. The van der Waals surface area contributed by atoms with Gasteiger partial charge in [0.05, 0.1) is 11.3 Å². The molecule has 0 bridgehead atoms. The molecule has 1 heterocycles. The molecule has 0 radical (unpaired) electrons. The van der Waals surface area contributed by atoms with E-state index in [-0.39, 0.29) is 11.3 Å². The van der Waals surface area contributed by atoms with Crippen LogP contribution in [0.5, 0.6) is 0 Å². The van der Waals surface area contributed by atoms with Gasteiger partial charge >= 0.3 is 5.97 Å². The molecule has 0 aromatic heterocycles. The molecule has 2 atom stereocenters. The summed E-state index contributed by atoms with van der Waals surface area (Å²) in [6, 6.07) is 4.21. The van der Waals surface area contributed by atoms with Crippen LogP contribution in [0.2, 0.25) is 0 Å². The lowest BCUT2D eigenvalue weighted by Crippen LogP contribution is -2.41. The third-order valence-corrected chi connectivity index (χ3v) is 4.18. The van der Waals surface area contributed by atoms with E-state index in [1.165, 1.54) is 18.2 Å². The smallest absolute Gasteiger partial charge is 0.337 e. The Morgan fingerprint density at radius 2 is 2.00 bits per heavy atom. The SMILES string of the molecule is CC1CN(c2c(F)cccc2C(=O)O)CC(C)S1. The van der Waals surface area contributed by atoms with Gasteiger partial charge in [0.1, 0.15) is 5.82 Å². The summed E-state index contributed by atoms with van der Waals surface area (Å²) in [4.78, 5) is 13.0. The minimum Gasteiger partial charge on any atom is -0.478 e. The van der Waals surface area contributed by atoms with Gasteiger partial charge in [-0.25, -0.2) is 9.18 Å². The first-order valence-corrected chi connectivity index (χ1v) is 6.85. The molecule has 2 rings (SSSR count). The Morgan fingerprint density at radius 3 is 2.56 bits per heavy atom. The van der Waals surface area contributed by atoms with Crippen molar-refractivity contribution in [3.63, 3.8) is 0 Å². The highest BCUT2D eigenvalue weighted by molar-refractivity contribution is 8.00. The first-order valence-electron chi connectivity index (χ1n) is 5.91. The number of carboxylic acids is 1. The zero-order chi connectivity index (χ0) is 13.3. The number of hydrogen-bond donors (Lipinski definition) is 1. The van der Waals surface area contributed by atoms with Crippen molar-refractivity contribution in [3.05, 3.63) is 29.6 Å². The first-order chi connectivity index (χ1) is 8.49. The van der Waals surface area contributed by atoms with Gasteiger partial charge in [0.15, 0.2) is 0 Å². The second-order valence-electron chi connectivity index (χ2n) is 4.60. The molecule has 5 heteroatoms. The average molecular weight is 269 g/mol. The fourth-order valence-corrected chi connectivity index (χ4v) is 3.69. The number of carbonyl (C=O) groups is 1. The highest BCUT2D eigenvalue weighted by Gasteiger charge is 2.27. The van der Waals surface area contributed by atoms with Crippen molar-refractivity contribution < 1.29 is 14.3 Å². The standard InChI is InChI=1S/C13H16FNO2S/c1-8-6-15(7-9(2)18-8)12-10(13(16)17)4-3-5-11(12)14/h3-5,8-9H,6-7H2,1-2H3,(H,16,17). The molecular weight excluding hydrogens is 253 g/mol. The molecule has 18 heavy (non-hydrogen) atoms. The van der Waals surface area contributed by atoms with Crippen molar-refractivity contribution in [3.8, 4) is 0 Å². The lowest BCUT2D eigenvalue weighted by molar-refractivity contribution is 0.0697. The molecule has 3 nitrogen and oxygen atoms in total. The summed E-state index contributed by atoms with van der Waals surface area (Å²) >= 11 is 1.85. The van der Waals surface area contributed by atoms with Gasteiger partial charge in [-0.05, 0) is 12.1 Å². The summed E-state index contributed by atoms with van der Waals surface area (Å²) < 4.78 is 13.9. The lowest BCUT2D eigenvalue weighted by atomic mass is 10.1. The van der Waals surface area contributed by atoms with E-state index in [2.05, 4.69) is 13.8 Å².